The summed E-state index contributed by atoms with van der Waals surface area (Å²) in [5.74, 6) is 2.14. The molecule has 0 bridgehead atoms. The molecule has 3 rings (SSSR count). The number of rotatable bonds is 13. The Morgan fingerprint density at radius 3 is 2.32 bits per heavy atom. The van der Waals surface area contributed by atoms with Crippen molar-refractivity contribution in [3.63, 3.8) is 0 Å². The predicted octanol–water partition coefficient (Wildman–Crippen LogP) is 4.98. The maximum atomic E-state index is 10.5. The van der Waals surface area contributed by atoms with E-state index in [1.54, 1.807) is 7.11 Å². The van der Waals surface area contributed by atoms with Gasteiger partial charge in [0.15, 0.2) is 0 Å². The van der Waals surface area contributed by atoms with Crippen LogP contribution in [-0.2, 0) is 11.3 Å². The van der Waals surface area contributed by atoms with Crippen molar-refractivity contribution in [3.8, 4) is 23.1 Å². The summed E-state index contributed by atoms with van der Waals surface area (Å²) in [6.45, 7) is 10.3. The van der Waals surface area contributed by atoms with Crippen LogP contribution in [0.5, 0.6) is 17.4 Å². The Bertz CT molecular complexity index is 1000. The molecule has 34 heavy (non-hydrogen) atoms. The third kappa shape index (κ3) is 6.59. The van der Waals surface area contributed by atoms with Gasteiger partial charge in [0.25, 0.3) is 0 Å². The van der Waals surface area contributed by atoms with Gasteiger partial charge in [0.2, 0.25) is 5.88 Å². The second kappa shape index (κ2) is 12.6. The van der Waals surface area contributed by atoms with Crippen LogP contribution in [0.3, 0.4) is 0 Å². The molecular formula is C27H37N3O4. The van der Waals surface area contributed by atoms with Gasteiger partial charge < -0.3 is 19.3 Å². The maximum absolute atomic E-state index is 10.5. The van der Waals surface area contributed by atoms with Crippen molar-refractivity contribution < 1.29 is 19.3 Å². The van der Waals surface area contributed by atoms with Crippen LogP contribution >= 0.6 is 0 Å². The number of aliphatic hydroxyl groups excluding tert-OH is 1. The summed E-state index contributed by atoms with van der Waals surface area (Å²) in [7, 11) is 1.64. The molecule has 0 amide bonds. The molecule has 0 fully saturated rings. The predicted molar refractivity (Wildman–Crippen MR) is 134 cm³/mol. The summed E-state index contributed by atoms with van der Waals surface area (Å²) in [4.78, 5) is 2.27. The molecule has 0 spiro atoms. The molecule has 1 N–H and O–H groups in total. The molecule has 2 atom stereocenters. The summed E-state index contributed by atoms with van der Waals surface area (Å²) in [6.07, 6.45) is 0.395. The normalized spacial score (nSPS) is 13.1. The lowest BCUT2D eigenvalue weighted by atomic mass is 10.1. The molecule has 0 aliphatic rings. The largest absolute Gasteiger partial charge is 0.497 e. The minimum absolute atomic E-state index is 0.268. The molecule has 1 aromatic heterocycles. The minimum Gasteiger partial charge on any atom is -0.497 e. The summed E-state index contributed by atoms with van der Waals surface area (Å²) in [5.41, 5.74) is 2.80. The van der Waals surface area contributed by atoms with Crippen LogP contribution in [-0.4, -0.2) is 58.8 Å². The Hall–Kier alpha value is -2.87. The number of para-hydroxylation sites is 1. The van der Waals surface area contributed by atoms with E-state index in [0.29, 0.717) is 37.9 Å². The van der Waals surface area contributed by atoms with E-state index in [2.05, 4.69) is 18.7 Å². The van der Waals surface area contributed by atoms with Gasteiger partial charge in [-0.05, 0) is 63.6 Å². The number of aliphatic hydroxyl groups is 1. The number of aromatic nitrogens is 2. The van der Waals surface area contributed by atoms with Crippen molar-refractivity contribution >= 4 is 0 Å². The number of hydrogen-bond donors (Lipinski definition) is 1. The summed E-state index contributed by atoms with van der Waals surface area (Å²) in [5, 5.41) is 15.4. The molecule has 3 aromatic rings. The number of aryl methyl sites for hydroxylation is 1. The molecule has 1 heterocycles. The zero-order valence-electron chi connectivity index (χ0n) is 20.9. The average Bonchev–Trinajstić information content (AvgIpc) is 3.17. The van der Waals surface area contributed by atoms with Gasteiger partial charge in [0.1, 0.15) is 11.5 Å². The molecule has 2 aromatic carbocycles. The molecular weight excluding hydrogens is 430 g/mol. The van der Waals surface area contributed by atoms with E-state index in [9.17, 15) is 5.11 Å². The van der Waals surface area contributed by atoms with Crippen molar-refractivity contribution in [1.29, 1.82) is 0 Å². The average molecular weight is 468 g/mol. The first-order chi connectivity index (χ1) is 16.5. The fourth-order valence-electron chi connectivity index (χ4n) is 3.76. The topological polar surface area (TPSA) is 69.0 Å². The van der Waals surface area contributed by atoms with Crippen LogP contribution in [0.4, 0.5) is 0 Å². The molecule has 7 heteroatoms. The Balaban J connectivity index is 1.97. The third-order valence-electron chi connectivity index (χ3n) is 5.95. The van der Waals surface area contributed by atoms with Gasteiger partial charge in [0.05, 0.1) is 36.8 Å². The summed E-state index contributed by atoms with van der Waals surface area (Å²) < 4.78 is 19.0. The smallest absolute Gasteiger partial charge is 0.227 e. The summed E-state index contributed by atoms with van der Waals surface area (Å²) >= 11 is 0. The first-order valence-corrected chi connectivity index (χ1v) is 11.9. The van der Waals surface area contributed by atoms with Gasteiger partial charge in [-0.25, -0.2) is 4.68 Å². The second-order valence-corrected chi connectivity index (χ2v) is 8.39. The lowest BCUT2D eigenvalue weighted by Crippen LogP contribution is -2.40. The molecule has 184 valence electrons. The first-order valence-electron chi connectivity index (χ1n) is 11.9. The number of hydrogen-bond acceptors (Lipinski definition) is 6. The van der Waals surface area contributed by atoms with Gasteiger partial charge in [-0.1, -0.05) is 25.1 Å². The molecule has 0 aliphatic carbocycles. The summed E-state index contributed by atoms with van der Waals surface area (Å²) in [6, 6.07) is 17.8. The van der Waals surface area contributed by atoms with E-state index in [1.165, 1.54) is 0 Å². The van der Waals surface area contributed by atoms with Crippen LogP contribution in [0.2, 0.25) is 0 Å². The molecule has 0 saturated carbocycles. The van der Waals surface area contributed by atoms with Gasteiger partial charge >= 0.3 is 0 Å². The number of nitrogens with zero attached hydrogens (tertiary/aromatic N) is 3. The van der Waals surface area contributed by atoms with Crippen LogP contribution in [0, 0.1) is 6.92 Å². The number of ether oxygens (including phenoxy) is 3. The van der Waals surface area contributed by atoms with E-state index >= 15 is 0 Å². The van der Waals surface area contributed by atoms with Crippen molar-refractivity contribution in [1.82, 2.24) is 14.7 Å². The molecule has 0 aliphatic heterocycles. The lowest BCUT2D eigenvalue weighted by Gasteiger charge is -2.30. The minimum atomic E-state index is -0.565. The van der Waals surface area contributed by atoms with E-state index in [0.717, 1.165) is 29.1 Å². The van der Waals surface area contributed by atoms with Gasteiger partial charge in [-0.3, -0.25) is 4.90 Å². The molecule has 0 unspecified atom stereocenters. The van der Waals surface area contributed by atoms with Crippen molar-refractivity contribution in [2.24, 2.45) is 0 Å². The fourth-order valence-corrected chi connectivity index (χ4v) is 3.76. The SMILES string of the molecule is CCOC[C@H](O)CN(Cc1c(C)nn(-c2ccccc2)c1Oc1ccc(OC)cc1)[C@H](C)CC. The van der Waals surface area contributed by atoms with Crippen molar-refractivity contribution in [2.45, 2.75) is 52.8 Å². The van der Waals surface area contributed by atoms with Crippen LogP contribution in [0.15, 0.2) is 54.6 Å². The van der Waals surface area contributed by atoms with Gasteiger partial charge in [-0.15, -0.1) is 0 Å². The standard InChI is InChI=1S/C27H37N3O4/c1-6-20(3)29(17-23(31)19-33-7-2)18-26-21(4)28-30(22-11-9-8-10-12-22)27(26)34-25-15-13-24(32-5)14-16-25/h8-16,20,23,31H,6-7,17-19H2,1-5H3/t20-,23-/m1/s1. The highest BCUT2D eigenvalue weighted by molar-refractivity contribution is 5.44. The van der Waals surface area contributed by atoms with Crippen molar-refractivity contribution in [2.75, 3.05) is 26.9 Å². The first kappa shape index (κ1) is 25.7. The highest BCUT2D eigenvalue weighted by Gasteiger charge is 2.24. The third-order valence-corrected chi connectivity index (χ3v) is 5.95. The highest BCUT2D eigenvalue weighted by Crippen LogP contribution is 2.33. The van der Waals surface area contributed by atoms with E-state index < -0.39 is 6.10 Å². The lowest BCUT2D eigenvalue weighted by molar-refractivity contribution is 0.0111. The second-order valence-electron chi connectivity index (χ2n) is 8.39. The zero-order valence-corrected chi connectivity index (χ0v) is 20.9. The van der Waals surface area contributed by atoms with Gasteiger partial charge in [0, 0.05) is 25.7 Å². The number of methoxy groups -OCH3 is 1. The highest BCUT2D eigenvalue weighted by atomic mass is 16.5. The number of benzene rings is 2. The molecule has 7 nitrogen and oxygen atoms in total. The van der Waals surface area contributed by atoms with Gasteiger partial charge in [-0.2, -0.15) is 5.10 Å². The van der Waals surface area contributed by atoms with Crippen LogP contribution in [0.1, 0.15) is 38.4 Å². The molecule has 0 saturated heterocycles. The maximum Gasteiger partial charge on any atom is 0.227 e. The zero-order chi connectivity index (χ0) is 24.5. The van der Waals surface area contributed by atoms with Crippen molar-refractivity contribution in [3.05, 3.63) is 65.9 Å². The van der Waals surface area contributed by atoms with Crippen LogP contribution in [0.25, 0.3) is 5.69 Å². The Morgan fingerprint density at radius 2 is 1.71 bits per heavy atom. The van der Waals surface area contributed by atoms with E-state index in [-0.39, 0.29) is 6.04 Å². The Labute approximate surface area is 202 Å². The quantitative estimate of drug-likeness (QED) is 0.382. The fraction of sp³-hybridized carbons (Fsp3) is 0.444. The Morgan fingerprint density at radius 1 is 1.03 bits per heavy atom. The van der Waals surface area contributed by atoms with Crippen LogP contribution < -0.4 is 9.47 Å². The monoisotopic (exact) mass is 467 g/mol. The van der Waals surface area contributed by atoms with E-state index in [1.807, 2.05) is 73.1 Å². The van der Waals surface area contributed by atoms with E-state index in [4.69, 9.17) is 19.3 Å². The molecule has 0 radical (unpaired) electrons. The Kier molecular flexibility index (Phi) is 9.51.